The molecule has 0 atom stereocenters. The third-order valence-electron chi connectivity index (χ3n) is 4.25. The second kappa shape index (κ2) is 8.74. The molecular weight excluding hydrogens is 341 g/mol. The first kappa shape index (κ1) is 19.8. The highest BCUT2D eigenvalue weighted by molar-refractivity contribution is 5.92. The third-order valence-corrected chi connectivity index (χ3v) is 4.25. The van der Waals surface area contributed by atoms with Crippen molar-refractivity contribution in [2.45, 2.75) is 46.6 Å². The summed E-state index contributed by atoms with van der Waals surface area (Å²) in [5.41, 5.74) is 1.24. The molecule has 2 aromatic rings. The number of nitrogens with one attached hydrogen (secondary N) is 2. The Balaban J connectivity index is 2.42. The lowest BCUT2D eigenvalue weighted by molar-refractivity contribution is -0.115. The van der Waals surface area contributed by atoms with Crippen LogP contribution in [0.25, 0.3) is 0 Å². The lowest BCUT2D eigenvalue weighted by Gasteiger charge is -2.20. The van der Waals surface area contributed by atoms with E-state index in [4.69, 9.17) is 0 Å². The molecule has 0 radical (unpaired) electrons. The summed E-state index contributed by atoms with van der Waals surface area (Å²) in [5, 5.41) is 5.41. The Kier molecular flexibility index (Phi) is 6.66. The van der Waals surface area contributed by atoms with Gasteiger partial charge in [-0.1, -0.05) is 32.9 Å². The Bertz CT molecular complexity index is 758. The summed E-state index contributed by atoms with van der Waals surface area (Å²) < 4.78 is 42.8. The molecule has 140 valence electrons. The zero-order chi connectivity index (χ0) is 19.3. The molecule has 0 aliphatic heterocycles. The van der Waals surface area contributed by atoms with E-state index >= 15 is 0 Å². The molecule has 0 fully saturated rings. The molecular formula is C20H23F3N2O. The maximum atomic E-state index is 14.9. The van der Waals surface area contributed by atoms with Crippen LogP contribution >= 0.6 is 0 Å². The van der Waals surface area contributed by atoms with Crippen LogP contribution in [0, 0.1) is 17.5 Å². The fourth-order valence-electron chi connectivity index (χ4n) is 2.79. The zero-order valence-electron chi connectivity index (χ0n) is 15.2. The van der Waals surface area contributed by atoms with Crippen LogP contribution in [-0.4, -0.2) is 5.91 Å². The van der Waals surface area contributed by atoms with Crippen molar-refractivity contribution >= 4 is 17.3 Å². The minimum atomic E-state index is -0.712. The standard InChI is InChI=1S/C20H23F3N2O/c1-4-14-17(22)20(24-11-12-7-9-13(21)10-8-12)18(23)15(5-2)19(14)25-16(26)6-3/h7-10,24H,4-6,11H2,1-3H3,(H,25,26). The van der Waals surface area contributed by atoms with Gasteiger partial charge in [-0.2, -0.15) is 0 Å². The van der Waals surface area contributed by atoms with Crippen molar-refractivity contribution in [2.75, 3.05) is 10.6 Å². The van der Waals surface area contributed by atoms with Crippen LogP contribution in [0.2, 0.25) is 0 Å². The van der Waals surface area contributed by atoms with Gasteiger partial charge in [0.05, 0.1) is 5.69 Å². The molecule has 1 amide bonds. The molecule has 2 N–H and O–H groups in total. The first-order valence-corrected chi connectivity index (χ1v) is 8.73. The van der Waals surface area contributed by atoms with Gasteiger partial charge in [0, 0.05) is 24.1 Å². The van der Waals surface area contributed by atoms with Crippen molar-refractivity contribution in [2.24, 2.45) is 0 Å². The molecule has 0 unspecified atom stereocenters. The quantitative estimate of drug-likeness (QED) is 0.710. The molecule has 6 heteroatoms. The topological polar surface area (TPSA) is 41.1 Å². The van der Waals surface area contributed by atoms with Gasteiger partial charge in [-0.25, -0.2) is 13.2 Å². The average molecular weight is 364 g/mol. The largest absolute Gasteiger partial charge is 0.376 e. The maximum absolute atomic E-state index is 14.9. The van der Waals surface area contributed by atoms with Crippen molar-refractivity contribution in [3.63, 3.8) is 0 Å². The first-order valence-electron chi connectivity index (χ1n) is 8.73. The van der Waals surface area contributed by atoms with Gasteiger partial charge in [0.25, 0.3) is 0 Å². The second-order valence-corrected chi connectivity index (χ2v) is 5.92. The zero-order valence-corrected chi connectivity index (χ0v) is 15.2. The molecule has 0 saturated heterocycles. The summed E-state index contributed by atoms with van der Waals surface area (Å²) in [5.74, 6) is -2.09. The van der Waals surface area contributed by atoms with Crippen molar-refractivity contribution in [1.29, 1.82) is 0 Å². The Labute approximate surface area is 151 Å². The monoisotopic (exact) mass is 364 g/mol. The molecule has 26 heavy (non-hydrogen) atoms. The van der Waals surface area contributed by atoms with Crippen LogP contribution in [0.4, 0.5) is 24.5 Å². The van der Waals surface area contributed by atoms with Crippen molar-refractivity contribution < 1.29 is 18.0 Å². The van der Waals surface area contributed by atoms with Crippen LogP contribution in [-0.2, 0) is 24.2 Å². The van der Waals surface area contributed by atoms with Gasteiger partial charge in [0.1, 0.15) is 11.5 Å². The predicted octanol–water partition coefficient (Wildman–Crippen LogP) is 5.19. The number of hydrogen-bond acceptors (Lipinski definition) is 2. The van der Waals surface area contributed by atoms with Gasteiger partial charge < -0.3 is 10.6 Å². The minimum absolute atomic E-state index is 0.154. The maximum Gasteiger partial charge on any atom is 0.224 e. The smallest absolute Gasteiger partial charge is 0.224 e. The Morgan fingerprint density at radius 1 is 0.885 bits per heavy atom. The summed E-state index contributed by atoms with van der Waals surface area (Å²) in [6.45, 7) is 5.33. The molecule has 0 aromatic heterocycles. The van der Waals surface area contributed by atoms with Gasteiger partial charge >= 0.3 is 0 Å². The normalized spacial score (nSPS) is 10.7. The minimum Gasteiger partial charge on any atom is -0.376 e. The molecule has 2 aromatic carbocycles. The fourth-order valence-corrected chi connectivity index (χ4v) is 2.79. The van der Waals surface area contributed by atoms with E-state index in [0.717, 1.165) is 0 Å². The number of rotatable bonds is 7. The van der Waals surface area contributed by atoms with Gasteiger partial charge in [0.2, 0.25) is 5.91 Å². The molecule has 3 nitrogen and oxygen atoms in total. The molecule has 0 bridgehead atoms. The first-order chi connectivity index (χ1) is 12.4. The van der Waals surface area contributed by atoms with Crippen molar-refractivity contribution in [3.8, 4) is 0 Å². The summed E-state index contributed by atoms with van der Waals surface area (Å²) >= 11 is 0. The van der Waals surface area contributed by atoms with E-state index in [1.54, 1.807) is 32.9 Å². The second-order valence-electron chi connectivity index (χ2n) is 5.92. The summed E-state index contributed by atoms with van der Waals surface area (Å²) in [7, 11) is 0. The van der Waals surface area contributed by atoms with E-state index in [-0.39, 0.29) is 47.2 Å². The van der Waals surface area contributed by atoms with Crippen LogP contribution in [0.1, 0.15) is 43.9 Å². The van der Waals surface area contributed by atoms with E-state index in [9.17, 15) is 18.0 Å². The van der Waals surface area contributed by atoms with Crippen LogP contribution in [0.5, 0.6) is 0 Å². The molecule has 2 rings (SSSR count). The Morgan fingerprint density at radius 2 is 1.42 bits per heavy atom. The average Bonchev–Trinajstić information content (AvgIpc) is 2.63. The lowest BCUT2D eigenvalue weighted by Crippen LogP contribution is -2.17. The predicted molar refractivity (Wildman–Crippen MR) is 97.8 cm³/mol. The van der Waals surface area contributed by atoms with Crippen LogP contribution in [0.15, 0.2) is 24.3 Å². The number of halogens is 3. The molecule has 0 spiro atoms. The number of benzene rings is 2. The van der Waals surface area contributed by atoms with E-state index in [2.05, 4.69) is 10.6 Å². The molecule has 0 saturated carbocycles. The number of anilines is 2. The number of carbonyl (C=O) groups is 1. The van der Waals surface area contributed by atoms with E-state index in [1.165, 1.54) is 12.1 Å². The van der Waals surface area contributed by atoms with E-state index in [1.807, 2.05) is 0 Å². The Hall–Kier alpha value is -2.50. The molecule has 0 aliphatic rings. The highest BCUT2D eigenvalue weighted by Crippen LogP contribution is 2.35. The number of carbonyl (C=O) groups excluding carboxylic acids is 1. The van der Waals surface area contributed by atoms with E-state index < -0.39 is 11.6 Å². The van der Waals surface area contributed by atoms with Crippen LogP contribution in [0.3, 0.4) is 0 Å². The lowest BCUT2D eigenvalue weighted by atomic mass is 9.99. The van der Waals surface area contributed by atoms with E-state index in [0.29, 0.717) is 18.4 Å². The Morgan fingerprint density at radius 3 is 1.88 bits per heavy atom. The van der Waals surface area contributed by atoms with Crippen molar-refractivity contribution in [3.05, 3.63) is 58.4 Å². The number of amides is 1. The molecule has 0 aliphatic carbocycles. The van der Waals surface area contributed by atoms with Crippen LogP contribution < -0.4 is 10.6 Å². The summed E-state index contributed by atoms with van der Waals surface area (Å²) in [6.07, 6.45) is 0.841. The summed E-state index contributed by atoms with van der Waals surface area (Å²) in [4.78, 5) is 11.8. The molecule has 0 heterocycles. The van der Waals surface area contributed by atoms with Gasteiger partial charge in [-0.05, 0) is 30.5 Å². The fraction of sp³-hybridized carbons (Fsp3) is 0.350. The van der Waals surface area contributed by atoms with Gasteiger partial charge in [0.15, 0.2) is 11.6 Å². The van der Waals surface area contributed by atoms with Gasteiger partial charge in [-0.3, -0.25) is 4.79 Å². The van der Waals surface area contributed by atoms with Gasteiger partial charge in [-0.15, -0.1) is 0 Å². The SMILES string of the molecule is CCC(=O)Nc1c(CC)c(F)c(NCc2ccc(F)cc2)c(F)c1CC. The third kappa shape index (κ3) is 4.18. The highest BCUT2D eigenvalue weighted by Gasteiger charge is 2.23. The number of hydrogen-bond donors (Lipinski definition) is 2. The highest BCUT2D eigenvalue weighted by atomic mass is 19.1. The van der Waals surface area contributed by atoms with Crippen molar-refractivity contribution in [1.82, 2.24) is 0 Å². The summed E-state index contributed by atoms with van der Waals surface area (Å²) in [6, 6.07) is 5.69.